The van der Waals surface area contributed by atoms with Crippen LogP contribution in [0.4, 0.5) is 5.69 Å². The molecule has 0 bridgehead atoms. The van der Waals surface area contributed by atoms with E-state index >= 15 is 0 Å². The monoisotopic (exact) mass is 333 g/mol. The molecule has 6 heteroatoms. The van der Waals surface area contributed by atoms with Gasteiger partial charge >= 0.3 is 0 Å². The molecule has 0 spiro atoms. The number of methoxy groups -OCH3 is 1. The Morgan fingerprint density at radius 2 is 1.96 bits per heavy atom. The van der Waals surface area contributed by atoms with Crippen molar-refractivity contribution in [3.8, 4) is 11.5 Å². The highest BCUT2D eigenvalue weighted by Crippen LogP contribution is 2.37. The summed E-state index contributed by atoms with van der Waals surface area (Å²) in [5, 5.41) is 0. The number of aryl methyl sites for hydroxylation is 1. The zero-order chi connectivity index (χ0) is 16.6. The van der Waals surface area contributed by atoms with Gasteiger partial charge in [0.15, 0.2) is 0 Å². The molecule has 2 aromatic carbocycles. The van der Waals surface area contributed by atoms with Gasteiger partial charge < -0.3 is 9.47 Å². The normalized spacial score (nSPS) is 17.3. The van der Waals surface area contributed by atoms with E-state index in [0.29, 0.717) is 22.7 Å². The molecule has 0 radical (unpaired) electrons. The summed E-state index contributed by atoms with van der Waals surface area (Å²) in [7, 11) is -2.11. The zero-order valence-electron chi connectivity index (χ0n) is 13.3. The van der Waals surface area contributed by atoms with Crippen LogP contribution < -0.4 is 13.8 Å². The van der Waals surface area contributed by atoms with Gasteiger partial charge in [-0.25, -0.2) is 8.42 Å². The lowest BCUT2D eigenvalue weighted by Gasteiger charge is -2.34. The minimum Gasteiger partial charge on any atom is -0.497 e. The Bertz CT molecular complexity index is 832. The molecular formula is C17H19NO4S. The van der Waals surface area contributed by atoms with Gasteiger partial charge in [0.25, 0.3) is 10.0 Å². The summed E-state index contributed by atoms with van der Waals surface area (Å²) in [6.45, 7) is 3.91. The molecule has 0 saturated heterocycles. The Morgan fingerprint density at radius 3 is 2.65 bits per heavy atom. The van der Waals surface area contributed by atoms with E-state index in [9.17, 15) is 8.42 Å². The highest BCUT2D eigenvalue weighted by atomic mass is 32.2. The summed E-state index contributed by atoms with van der Waals surface area (Å²) in [6, 6.07) is 12.2. The molecule has 23 heavy (non-hydrogen) atoms. The van der Waals surface area contributed by atoms with E-state index in [4.69, 9.17) is 9.47 Å². The molecule has 0 fully saturated rings. The summed E-state index contributed by atoms with van der Waals surface area (Å²) < 4.78 is 38.6. The molecular weight excluding hydrogens is 314 g/mol. The largest absolute Gasteiger partial charge is 0.497 e. The lowest BCUT2D eigenvalue weighted by molar-refractivity contribution is 0.219. The van der Waals surface area contributed by atoms with Crippen LogP contribution in [0.1, 0.15) is 12.5 Å². The quantitative estimate of drug-likeness (QED) is 0.866. The Kier molecular flexibility index (Phi) is 3.93. The van der Waals surface area contributed by atoms with Crippen LogP contribution in [0.25, 0.3) is 0 Å². The minimum atomic E-state index is -3.67. The van der Waals surface area contributed by atoms with Crippen molar-refractivity contribution >= 4 is 15.7 Å². The summed E-state index contributed by atoms with van der Waals surface area (Å²) in [5.74, 6) is 1.22. The number of hydrogen-bond donors (Lipinski definition) is 0. The third-order valence-corrected chi connectivity index (χ3v) is 5.78. The maximum Gasteiger partial charge on any atom is 0.264 e. The fraction of sp³-hybridized carbons (Fsp3) is 0.294. The Balaban J connectivity index is 2.10. The van der Waals surface area contributed by atoms with Crippen molar-refractivity contribution in [3.63, 3.8) is 0 Å². The number of hydrogen-bond acceptors (Lipinski definition) is 4. The van der Waals surface area contributed by atoms with Crippen LogP contribution in [0.3, 0.4) is 0 Å². The van der Waals surface area contributed by atoms with E-state index in [0.717, 1.165) is 0 Å². The first kappa shape index (κ1) is 15.7. The molecule has 0 saturated carbocycles. The topological polar surface area (TPSA) is 55.8 Å². The highest BCUT2D eigenvalue weighted by Gasteiger charge is 2.33. The molecule has 0 amide bonds. The van der Waals surface area contributed by atoms with Crippen LogP contribution in [0.5, 0.6) is 11.5 Å². The second-order valence-electron chi connectivity index (χ2n) is 5.56. The molecule has 5 nitrogen and oxygen atoms in total. The lowest BCUT2D eigenvalue weighted by Crippen LogP contribution is -2.42. The van der Waals surface area contributed by atoms with Gasteiger partial charge in [-0.2, -0.15) is 0 Å². The highest BCUT2D eigenvalue weighted by molar-refractivity contribution is 7.92. The average Bonchev–Trinajstić information content (AvgIpc) is 2.53. The zero-order valence-corrected chi connectivity index (χ0v) is 14.1. The molecule has 0 N–H and O–H groups in total. The van der Waals surface area contributed by atoms with E-state index in [1.807, 2.05) is 19.1 Å². The first-order chi connectivity index (χ1) is 10.9. The maximum absolute atomic E-state index is 13.1. The summed E-state index contributed by atoms with van der Waals surface area (Å²) in [4.78, 5) is 0.280. The number of para-hydroxylation sites is 2. The third kappa shape index (κ3) is 2.74. The molecule has 122 valence electrons. The Labute approximate surface area is 136 Å². The van der Waals surface area contributed by atoms with Crippen molar-refractivity contribution in [2.75, 3.05) is 18.0 Å². The SMILES string of the molecule is COc1ccc(S(=O)(=O)N2CC(C)Oc3ccccc32)c(C)c1. The van der Waals surface area contributed by atoms with Crippen molar-refractivity contribution in [2.24, 2.45) is 0 Å². The number of nitrogens with zero attached hydrogens (tertiary/aromatic N) is 1. The van der Waals surface area contributed by atoms with Crippen LogP contribution in [0, 0.1) is 6.92 Å². The molecule has 1 aliphatic heterocycles. The van der Waals surface area contributed by atoms with Crippen LogP contribution in [-0.2, 0) is 10.0 Å². The Hall–Kier alpha value is -2.21. The van der Waals surface area contributed by atoms with Crippen molar-refractivity contribution in [1.82, 2.24) is 0 Å². The number of fused-ring (bicyclic) bond motifs is 1. The van der Waals surface area contributed by atoms with Crippen molar-refractivity contribution in [3.05, 3.63) is 48.0 Å². The van der Waals surface area contributed by atoms with Crippen molar-refractivity contribution in [1.29, 1.82) is 0 Å². The summed E-state index contributed by atoms with van der Waals surface area (Å²) >= 11 is 0. The van der Waals surface area contributed by atoms with E-state index in [1.165, 1.54) is 4.31 Å². The summed E-state index contributed by atoms with van der Waals surface area (Å²) in [6.07, 6.45) is -0.210. The second-order valence-corrected chi connectivity index (χ2v) is 7.39. The molecule has 0 aromatic heterocycles. The van der Waals surface area contributed by atoms with Crippen LogP contribution in [0.2, 0.25) is 0 Å². The van der Waals surface area contributed by atoms with E-state index < -0.39 is 10.0 Å². The van der Waals surface area contributed by atoms with Gasteiger partial charge in [-0.05, 0) is 49.7 Å². The van der Waals surface area contributed by atoms with Crippen molar-refractivity contribution in [2.45, 2.75) is 24.8 Å². The van der Waals surface area contributed by atoms with Crippen LogP contribution in [0.15, 0.2) is 47.4 Å². The standard InChI is InChI=1S/C17H19NO4S/c1-12-10-14(21-3)8-9-17(12)23(19,20)18-11-13(2)22-16-7-5-4-6-15(16)18/h4-10,13H,11H2,1-3H3. The van der Waals surface area contributed by atoms with Crippen molar-refractivity contribution < 1.29 is 17.9 Å². The number of sulfonamides is 1. The molecule has 2 aromatic rings. The van der Waals surface area contributed by atoms with Gasteiger partial charge in [0.1, 0.15) is 17.6 Å². The van der Waals surface area contributed by atoms with E-state index in [2.05, 4.69) is 0 Å². The lowest BCUT2D eigenvalue weighted by atomic mass is 10.2. The Morgan fingerprint density at radius 1 is 1.22 bits per heavy atom. The van der Waals surface area contributed by atoms with Gasteiger partial charge in [0.05, 0.1) is 24.2 Å². The van der Waals surface area contributed by atoms with E-state index in [1.54, 1.807) is 44.4 Å². The smallest absolute Gasteiger partial charge is 0.264 e. The molecule has 1 heterocycles. The number of anilines is 1. The first-order valence-corrected chi connectivity index (χ1v) is 8.80. The predicted molar refractivity (Wildman–Crippen MR) is 88.8 cm³/mol. The molecule has 3 rings (SSSR count). The van der Waals surface area contributed by atoms with Crippen LogP contribution >= 0.6 is 0 Å². The van der Waals surface area contributed by atoms with Crippen LogP contribution in [-0.4, -0.2) is 28.2 Å². The molecule has 1 aliphatic rings. The third-order valence-electron chi connectivity index (χ3n) is 3.84. The number of rotatable bonds is 3. The minimum absolute atomic E-state index is 0.210. The molecule has 1 unspecified atom stereocenters. The molecule has 1 atom stereocenters. The van der Waals surface area contributed by atoms with E-state index in [-0.39, 0.29) is 17.5 Å². The average molecular weight is 333 g/mol. The first-order valence-electron chi connectivity index (χ1n) is 7.36. The number of ether oxygens (including phenoxy) is 2. The maximum atomic E-state index is 13.1. The fourth-order valence-corrected chi connectivity index (χ4v) is 4.49. The van der Waals surface area contributed by atoms with Gasteiger partial charge in [0.2, 0.25) is 0 Å². The van der Waals surface area contributed by atoms with Gasteiger partial charge in [-0.1, -0.05) is 12.1 Å². The van der Waals surface area contributed by atoms with Gasteiger partial charge in [0, 0.05) is 0 Å². The predicted octanol–water partition coefficient (Wildman–Crippen LogP) is 2.98. The van der Waals surface area contributed by atoms with Gasteiger partial charge in [-0.3, -0.25) is 4.31 Å². The summed E-state index contributed by atoms with van der Waals surface area (Å²) in [5.41, 5.74) is 1.22. The molecule has 0 aliphatic carbocycles. The number of benzene rings is 2. The van der Waals surface area contributed by atoms with Gasteiger partial charge in [-0.15, -0.1) is 0 Å². The second kappa shape index (κ2) is 5.77. The fourth-order valence-electron chi connectivity index (χ4n) is 2.73.